The number of hydrogen-bond donors (Lipinski definition) is 2. The molecule has 0 atom stereocenters. The number of phenols is 1. The van der Waals surface area contributed by atoms with Gasteiger partial charge in [0.05, 0.1) is 78.6 Å². The van der Waals surface area contributed by atoms with Crippen LogP contribution in [0.15, 0.2) is 56.8 Å². The minimum atomic E-state index is -0.309. The first-order valence-electron chi connectivity index (χ1n) is 13.7. The van der Waals surface area contributed by atoms with Crippen molar-refractivity contribution in [3.63, 3.8) is 0 Å². The van der Waals surface area contributed by atoms with Crippen LogP contribution in [0.4, 0.5) is 0 Å². The number of carbonyl (C=O) groups excluding carboxylic acids is 1. The Morgan fingerprint density at radius 2 is 1.47 bits per heavy atom. The summed E-state index contributed by atoms with van der Waals surface area (Å²) in [7, 11) is 1.41. The Labute approximate surface area is 248 Å². The summed E-state index contributed by atoms with van der Waals surface area (Å²) < 4.78 is 37.8. The highest BCUT2D eigenvalue weighted by Crippen LogP contribution is 2.35. The van der Waals surface area contributed by atoms with Crippen LogP contribution in [0.25, 0.3) is 32.7 Å². The molecule has 14 nitrogen and oxygen atoms in total. The van der Waals surface area contributed by atoms with E-state index in [1.165, 1.54) is 25.3 Å². The van der Waals surface area contributed by atoms with Crippen molar-refractivity contribution in [3.05, 3.63) is 68.7 Å². The average Bonchev–Trinajstić information content (AvgIpc) is 3.02. The number of rotatable bonds is 21. The molecule has 0 unspecified atom stereocenters. The van der Waals surface area contributed by atoms with Crippen LogP contribution >= 0.6 is 0 Å². The van der Waals surface area contributed by atoms with Crippen molar-refractivity contribution in [1.82, 2.24) is 5.32 Å². The first-order valence-corrected chi connectivity index (χ1v) is 13.7. The molecule has 43 heavy (non-hydrogen) atoms. The Morgan fingerprint density at radius 1 is 0.884 bits per heavy atom. The number of ether oxygens (including phenoxy) is 6. The highest BCUT2D eigenvalue weighted by Gasteiger charge is 2.14. The predicted molar refractivity (Wildman–Crippen MR) is 157 cm³/mol. The normalized spacial score (nSPS) is 10.9. The Balaban J connectivity index is 1.24. The number of azide groups is 1. The van der Waals surface area contributed by atoms with E-state index in [9.17, 15) is 14.7 Å². The quantitative estimate of drug-likeness (QED) is 0.0796. The van der Waals surface area contributed by atoms with Crippen molar-refractivity contribution in [2.45, 2.75) is 0 Å². The van der Waals surface area contributed by atoms with Gasteiger partial charge in [-0.05, 0) is 29.8 Å². The highest BCUT2D eigenvalue weighted by atomic mass is 16.6. The Kier molecular flexibility index (Phi) is 14.8. The van der Waals surface area contributed by atoms with E-state index in [2.05, 4.69) is 15.3 Å². The lowest BCUT2D eigenvalue weighted by Gasteiger charge is -2.09. The molecule has 2 aromatic carbocycles. The first kappa shape index (κ1) is 33.3. The van der Waals surface area contributed by atoms with Gasteiger partial charge in [0, 0.05) is 35.2 Å². The summed E-state index contributed by atoms with van der Waals surface area (Å²) in [6.07, 6.45) is 0. The minimum absolute atomic E-state index is 0.0312. The molecule has 0 aliphatic heterocycles. The smallest absolute Gasteiger partial charge is 0.251 e. The molecule has 0 spiro atoms. The lowest BCUT2D eigenvalue weighted by Crippen LogP contribution is -2.27. The standard InChI is InChI=1S/C29H36N4O10/c1-37-25-7-6-23-24(34)20-26(43-28(23)27(25)35)21-2-4-22(5-3-21)29(36)31-8-10-38-12-14-40-16-18-42-19-17-41-15-13-39-11-9-32-33-30/h2-7,20,35H,8-19H2,1H3,(H,31,36). The van der Waals surface area contributed by atoms with E-state index in [1.807, 2.05) is 0 Å². The van der Waals surface area contributed by atoms with Crippen molar-refractivity contribution in [2.75, 3.05) is 86.3 Å². The van der Waals surface area contributed by atoms with Gasteiger partial charge in [0.25, 0.3) is 5.91 Å². The van der Waals surface area contributed by atoms with E-state index < -0.39 is 0 Å². The molecule has 1 aromatic heterocycles. The second-order valence-electron chi connectivity index (χ2n) is 8.82. The number of nitrogens with one attached hydrogen (secondary N) is 1. The molecule has 0 aliphatic carbocycles. The van der Waals surface area contributed by atoms with Crippen molar-refractivity contribution in [3.8, 4) is 22.8 Å². The molecular weight excluding hydrogens is 564 g/mol. The lowest BCUT2D eigenvalue weighted by molar-refractivity contribution is -0.0102. The third-order valence-corrected chi connectivity index (χ3v) is 5.90. The summed E-state index contributed by atoms with van der Waals surface area (Å²) in [5.74, 6) is -0.0776. The molecule has 232 valence electrons. The summed E-state index contributed by atoms with van der Waals surface area (Å²) in [4.78, 5) is 27.6. The van der Waals surface area contributed by atoms with Crippen LogP contribution in [0.2, 0.25) is 0 Å². The van der Waals surface area contributed by atoms with Gasteiger partial charge in [0.15, 0.2) is 16.8 Å². The van der Waals surface area contributed by atoms with Gasteiger partial charge in [-0.25, -0.2) is 0 Å². The van der Waals surface area contributed by atoms with Crippen molar-refractivity contribution >= 4 is 16.9 Å². The third kappa shape index (κ3) is 11.2. The van der Waals surface area contributed by atoms with Gasteiger partial charge in [0.2, 0.25) is 5.75 Å². The molecule has 3 rings (SSSR count). The van der Waals surface area contributed by atoms with Gasteiger partial charge in [-0.3, -0.25) is 9.59 Å². The SMILES string of the molecule is COc1ccc2c(=O)cc(-c3ccc(C(=O)NCCOCCOCCOCCOCCOCCN=[N+]=[N-])cc3)oc2c1O. The molecule has 2 N–H and O–H groups in total. The molecule has 1 amide bonds. The second-order valence-corrected chi connectivity index (χ2v) is 8.82. The zero-order valence-corrected chi connectivity index (χ0v) is 24.0. The number of amides is 1. The number of fused-ring (bicyclic) bond motifs is 1. The summed E-state index contributed by atoms with van der Waals surface area (Å²) in [6.45, 7) is 4.73. The Morgan fingerprint density at radius 3 is 2.05 bits per heavy atom. The molecule has 0 bridgehead atoms. The molecule has 0 fully saturated rings. The maximum absolute atomic E-state index is 12.5. The summed E-state index contributed by atoms with van der Waals surface area (Å²) in [6, 6.07) is 10.9. The number of carbonyl (C=O) groups is 1. The zero-order chi connectivity index (χ0) is 30.7. The first-order chi connectivity index (χ1) is 21.0. The molecule has 1 heterocycles. The Hall–Kier alpha value is -4.17. The average molecular weight is 601 g/mol. The summed E-state index contributed by atoms with van der Waals surface area (Å²) >= 11 is 0. The van der Waals surface area contributed by atoms with Gasteiger partial charge in [-0.1, -0.05) is 17.2 Å². The third-order valence-electron chi connectivity index (χ3n) is 5.90. The summed E-state index contributed by atoms with van der Waals surface area (Å²) in [5, 5.41) is 16.7. The van der Waals surface area contributed by atoms with Crippen LogP contribution in [-0.2, 0) is 23.7 Å². The van der Waals surface area contributed by atoms with E-state index >= 15 is 0 Å². The van der Waals surface area contributed by atoms with E-state index in [0.29, 0.717) is 90.3 Å². The van der Waals surface area contributed by atoms with Gasteiger partial charge >= 0.3 is 0 Å². The number of hydrogen-bond acceptors (Lipinski definition) is 11. The van der Waals surface area contributed by atoms with Gasteiger partial charge in [0.1, 0.15) is 5.76 Å². The van der Waals surface area contributed by atoms with Crippen molar-refractivity contribution in [1.29, 1.82) is 0 Å². The monoisotopic (exact) mass is 600 g/mol. The summed E-state index contributed by atoms with van der Waals surface area (Å²) in [5.41, 5.74) is 8.86. The van der Waals surface area contributed by atoms with Crippen LogP contribution < -0.4 is 15.5 Å². The number of nitrogens with zero attached hydrogens (tertiary/aromatic N) is 3. The minimum Gasteiger partial charge on any atom is -0.502 e. The molecule has 14 heteroatoms. The fourth-order valence-corrected chi connectivity index (χ4v) is 3.75. The maximum atomic E-state index is 12.5. The van der Waals surface area contributed by atoms with Gasteiger partial charge in [-0.2, -0.15) is 0 Å². The maximum Gasteiger partial charge on any atom is 0.251 e. The van der Waals surface area contributed by atoms with Crippen LogP contribution in [0.5, 0.6) is 11.5 Å². The van der Waals surface area contributed by atoms with E-state index in [0.717, 1.165) is 0 Å². The van der Waals surface area contributed by atoms with Crippen LogP contribution in [0.1, 0.15) is 10.4 Å². The highest BCUT2D eigenvalue weighted by molar-refractivity contribution is 5.94. The zero-order valence-electron chi connectivity index (χ0n) is 24.0. The predicted octanol–water partition coefficient (Wildman–Crippen LogP) is 3.30. The molecule has 0 saturated heterocycles. The van der Waals surface area contributed by atoms with Gasteiger partial charge < -0.3 is 43.3 Å². The van der Waals surface area contributed by atoms with E-state index in [-0.39, 0.29) is 39.6 Å². The fraction of sp³-hybridized carbons (Fsp3) is 0.448. The van der Waals surface area contributed by atoms with Crippen molar-refractivity contribution in [2.24, 2.45) is 5.11 Å². The van der Waals surface area contributed by atoms with E-state index in [1.54, 1.807) is 24.3 Å². The molecular formula is C29H36N4O10. The second kappa shape index (κ2) is 19.1. The number of phenolic OH excluding ortho intramolecular Hbond substituents is 1. The molecule has 0 saturated carbocycles. The van der Waals surface area contributed by atoms with Crippen LogP contribution in [0, 0.1) is 0 Å². The van der Waals surface area contributed by atoms with Crippen molar-refractivity contribution < 1.29 is 42.7 Å². The fourth-order valence-electron chi connectivity index (χ4n) is 3.75. The molecule has 0 aliphatic rings. The topological polar surface area (TPSA) is 184 Å². The number of benzene rings is 2. The van der Waals surface area contributed by atoms with E-state index in [4.69, 9.17) is 38.4 Å². The largest absolute Gasteiger partial charge is 0.502 e. The Bertz CT molecular complexity index is 1390. The van der Waals surface area contributed by atoms with Crippen LogP contribution in [0.3, 0.4) is 0 Å². The van der Waals surface area contributed by atoms with Crippen LogP contribution in [-0.4, -0.2) is 97.3 Å². The number of aromatic hydroxyl groups is 1. The molecule has 3 aromatic rings. The lowest BCUT2D eigenvalue weighted by atomic mass is 10.1. The van der Waals surface area contributed by atoms with Gasteiger partial charge in [-0.15, -0.1) is 0 Å². The molecule has 0 radical (unpaired) electrons. The number of methoxy groups -OCH3 is 1.